The first kappa shape index (κ1) is 21.9. The Bertz CT molecular complexity index is 1310. The van der Waals surface area contributed by atoms with Gasteiger partial charge in [0.2, 0.25) is 5.95 Å². The number of carbonyl (C=O) groups excluding carboxylic acids is 2. The summed E-state index contributed by atoms with van der Waals surface area (Å²) in [6.45, 7) is 2.32. The molecule has 0 radical (unpaired) electrons. The van der Waals surface area contributed by atoms with Crippen molar-refractivity contribution in [1.29, 1.82) is 0 Å². The van der Waals surface area contributed by atoms with Crippen LogP contribution in [0.4, 0.5) is 11.6 Å². The molecule has 0 aliphatic heterocycles. The van der Waals surface area contributed by atoms with Crippen LogP contribution in [0.25, 0.3) is 11.0 Å². The van der Waals surface area contributed by atoms with Crippen molar-refractivity contribution < 1.29 is 9.59 Å². The Balaban J connectivity index is 1.26. The molecule has 1 aliphatic rings. The van der Waals surface area contributed by atoms with E-state index in [1.54, 1.807) is 24.3 Å². The van der Waals surface area contributed by atoms with Gasteiger partial charge in [0, 0.05) is 16.8 Å². The highest BCUT2D eigenvalue weighted by atomic mass is 16.2. The summed E-state index contributed by atoms with van der Waals surface area (Å²) < 4.78 is 0. The number of H-pyrrole nitrogens is 1. The Kier molecular flexibility index (Phi) is 6.12. The number of imidazole rings is 1. The number of anilines is 2. The molecule has 34 heavy (non-hydrogen) atoms. The third-order valence-corrected chi connectivity index (χ3v) is 6.72. The van der Waals surface area contributed by atoms with Gasteiger partial charge in [0.25, 0.3) is 11.8 Å². The minimum atomic E-state index is -0.208. The van der Waals surface area contributed by atoms with Crippen molar-refractivity contribution in [2.24, 2.45) is 5.92 Å². The largest absolute Gasteiger partial charge is 0.324 e. The van der Waals surface area contributed by atoms with Crippen LogP contribution >= 0.6 is 0 Å². The molecule has 172 valence electrons. The van der Waals surface area contributed by atoms with E-state index in [0.29, 0.717) is 40.1 Å². The van der Waals surface area contributed by atoms with Crippen LogP contribution < -0.4 is 10.6 Å². The summed E-state index contributed by atoms with van der Waals surface area (Å²) in [5, 5.41) is 5.74. The van der Waals surface area contributed by atoms with Gasteiger partial charge < -0.3 is 10.3 Å². The Morgan fingerprint density at radius 2 is 1.56 bits per heavy atom. The number of hydrogen-bond donors (Lipinski definition) is 3. The van der Waals surface area contributed by atoms with Crippen LogP contribution in [0.5, 0.6) is 0 Å². The zero-order valence-electron chi connectivity index (χ0n) is 19.2. The van der Waals surface area contributed by atoms with Gasteiger partial charge in [-0.25, -0.2) is 4.98 Å². The lowest BCUT2D eigenvalue weighted by atomic mass is 9.76. The Labute approximate surface area is 198 Å². The zero-order chi connectivity index (χ0) is 23.5. The summed E-state index contributed by atoms with van der Waals surface area (Å²) in [6.07, 6.45) is 5.09. The Morgan fingerprint density at radius 3 is 2.32 bits per heavy atom. The van der Waals surface area contributed by atoms with Crippen LogP contribution in [-0.2, 0) is 0 Å². The molecule has 1 heterocycles. The highest BCUT2D eigenvalue weighted by Crippen LogP contribution is 2.37. The number of fused-ring (bicyclic) bond motifs is 1. The molecular weight excluding hydrogens is 424 g/mol. The maximum atomic E-state index is 12.8. The van der Waals surface area contributed by atoms with Crippen molar-refractivity contribution in [3.8, 4) is 0 Å². The van der Waals surface area contributed by atoms with Crippen LogP contribution in [0.15, 0.2) is 72.8 Å². The normalized spacial score (nSPS) is 17.9. The number of aromatic amines is 1. The molecule has 3 N–H and O–H groups in total. The number of amides is 2. The topological polar surface area (TPSA) is 86.9 Å². The lowest BCUT2D eigenvalue weighted by Gasteiger charge is -2.29. The molecule has 1 aliphatic carbocycles. The molecule has 1 saturated carbocycles. The van der Waals surface area contributed by atoms with Gasteiger partial charge in [-0.2, -0.15) is 0 Å². The predicted octanol–water partition coefficient (Wildman–Crippen LogP) is 6.36. The van der Waals surface area contributed by atoms with Gasteiger partial charge in [-0.15, -0.1) is 0 Å². The van der Waals surface area contributed by atoms with Crippen LogP contribution in [0.2, 0.25) is 0 Å². The molecule has 1 aromatic heterocycles. The van der Waals surface area contributed by atoms with E-state index in [1.165, 1.54) is 31.2 Å². The second-order valence-corrected chi connectivity index (χ2v) is 9.08. The molecule has 3 aromatic carbocycles. The third kappa shape index (κ3) is 4.71. The first-order valence-corrected chi connectivity index (χ1v) is 11.8. The average molecular weight is 453 g/mol. The predicted molar refractivity (Wildman–Crippen MR) is 135 cm³/mol. The van der Waals surface area contributed by atoms with Crippen molar-refractivity contribution >= 4 is 34.5 Å². The van der Waals surface area contributed by atoms with Crippen molar-refractivity contribution in [2.45, 2.75) is 38.5 Å². The van der Waals surface area contributed by atoms with Gasteiger partial charge in [0.1, 0.15) is 0 Å². The summed E-state index contributed by atoms with van der Waals surface area (Å²) in [7, 11) is 0. The molecule has 0 bridgehead atoms. The number of rotatable bonds is 5. The van der Waals surface area contributed by atoms with Crippen molar-refractivity contribution in [2.75, 3.05) is 10.6 Å². The highest BCUT2D eigenvalue weighted by molar-refractivity contribution is 6.05. The monoisotopic (exact) mass is 452 g/mol. The minimum absolute atomic E-state index is 0.181. The molecule has 5 rings (SSSR count). The number of aromatic nitrogens is 2. The smallest absolute Gasteiger partial charge is 0.257 e. The van der Waals surface area contributed by atoms with Gasteiger partial charge >= 0.3 is 0 Å². The summed E-state index contributed by atoms with van der Waals surface area (Å²) in [5.74, 6) is 1.25. The van der Waals surface area contributed by atoms with Gasteiger partial charge in [-0.1, -0.05) is 56.5 Å². The van der Waals surface area contributed by atoms with E-state index in [4.69, 9.17) is 0 Å². The van der Waals surface area contributed by atoms with E-state index < -0.39 is 0 Å². The lowest BCUT2D eigenvalue weighted by Crippen LogP contribution is -2.16. The van der Waals surface area contributed by atoms with Gasteiger partial charge in [0.15, 0.2) is 0 Å². The van der Waals surface area contributed by atoms with Crippen molar-refractivity contribution in [1.82, 2.24) is 9.97 Å². The molecule has 2 unspecified atom stereocenters. The van der Waals surface area contributed by atoms with Crippen molar-refractivity contribution in [3.63, 3.8) is 0 Å². The fraction of sp³-hybridized carbons (Fsp3) is 0.250. The highest BCUT2D eigenvalue weighted by Gasteiger charge is 2.23. The van der Waals surface area contributed by atoms with Gasteiger partial charge in [-0.3, -0.25) is 14.9 Å². The maximum Gasteiger partial charge on any atom is 0.257 e. The van der Waals surface area contributed by atoms with Crippen molar-refractivity contribution in [3.05, 3.63) is 89.5 Å². The first-order chi connectivity index (χ1) is 16.6. The average Bonchev–Trinajstić information content (AvgIpc) is 3.26. The van der Waals surface area contributed by atoms with Crippen LogP contribution in [-0.4, -0.2) is 21.8 Å². The number of carbonyl (C=O) groups is 2. The summed E-state index contributed by atoms with van der Waals surface area (Å²) in [4.78, 5) is 32.8. The number of nitrogens with zero attached hydrogens (tertiary/aromatic N) is 1. The maximum absolute atomic E-state index is 12.8. The Morgan fingerprint density at radius 1 is 0.853 bits per heavy atom. The molecular formula is C28H28N4O2. The van der Waals surface area contributed by atoms with Crippen LogP contribution in [0.1, 0.15) is 64.8 Å². The Hall–Kier alpha value is -3.93. The van der Waals surface area contributed by atoms with Crippen LogP contribution in [0, 0.1) is 5.92 Å². The minimum Gasteiger partial charge on any atom is -0.324 e. The molecule has 0 spiro atoms. The molecule has 0 saturated heterocycles. The molecule has 2 atom stereocenters. The standard InChI is InChI=1S/C28H28N4O2/c1-18-7-5-6-10-23(18)19-11-13-21(14-12-19)27(34)32-28-30-24-16-15-22(17-25(24)31-28)29-26(33)20-8-3-2-4-9-20/h2-4,8-9,11-18,23H,5-7,10H2,1H3,(H,29,33)(H2,30,31,32,34). The number of hydrogen-bond acceptors (Lipinski definition) is 3. The fourth-order valence-electron chi connectivity index (χ4n) is 4.81. The third-order valence-electron chi connectivity index (χ3n) is 6.72. The van der Waals surface area contributed by atoms with E-state index in [-0.39, 0.29) is 11.8 Å². The SMILES string of the molecule is CC1CCCCC1c1ccc(C(=O)Nc2nc3ccc(NC(=O)c4ccccc4)cc3[nH]2)cc1. The van der Waals surface area contributed by atoms with Crippen LogP contribution in [0.3, 0.4) is 0 Å². The zero-order valence-corrected chi connectivity index (χ0v) is 19.2. The van der Waals surface area contributed by atoms with E-state index in [9.17, 15) is 9.59 Å². The second kappa shape index (κ2) is 9.51. The molecule has 6 heteroatoms. The number of benzene rings is 3. The number of nitrogens with one attached hydrogen (secondary N) is 3. The van der Waals surface area contributed by atoms with Gasteiger partial charge in [0.05, 0.1) is 11.0 Å². The van der Waals surface area contributed by atoms with E-state index >= 15 is 0 Å². The fourth-order valence-corrected chi connectivity index (χ4v) is 4.81. The quantitative estimate of drug-likeness (QED) is 0.329. The summed E-state index contributed by atoms with van der Waals surface area (Å²) >= 11 is 0. The first-order valence-electron chi connectivity index (χ1n) is 11.8. The van der Waals surface area contributed by atoms with E-state index in [2.05, 4.69) is 39.7 Å². The molecule has 6 nitrogen and oxygen atoms in total. The molecule has 4 aromatic rings. The lowest BCUT2D eigenvalue weighted by molar-refractivity contribution is 0.101. The molecule has 2 amide bonds. The summed E-state index contributed by atoms with van der Waals surface area (Å²) in [6, 6.07) is 22.4. The second-order valence-electron chi connectivity index (χ2n) is 9.08. The molecule has 1 fully saturated rings. The summed E-state index contributed by atoms with van der Waals surface area (Å²) in [5.41, 5.74) is 4.58. The van der Waals surface area contributed by atoms with E-state index in [1.807, 2.05) is 36.4 Å². The van der Waals surface area contributed by atoms with E-state index in [0.717, 1.165) is 5.52 Å². The van der Waals surface area contributed by atoms with Gasteiger partial charge in [-0.05, 0) is 66.3 Å².